The number of aromatic hydroxyl groups is 1. The molecule has 3 N–H and O–H groups in total. The lowest BCUT2D eigenvalue weighted by Crippen LogP contribution is -2.34. The van der Waals surface area contributed by atoms with Crippen molar-refractivity contribution in [2.75, 3.05) is 12.4 Å². The molecule has 2 aromatic carbocycles. The first-order chi connectivity index (χ1) is 11.0. The Morgan fingerprint density at radius 2 is 2.04 bits per heavy atom. The van der Waals surface area contributed by atoms with Crippen LogP contribution in [0.15, 0.2) is 42.5 Å². The zero-order valence-corrected chi connectivity index (χ0v) is 13.7. The van der Waals surface area contributed by atoms with Crippen molar-refractivity contribution in [2.45, 2.75) is 13.3 Å². The summed E-state index contributed by atoms with van der Waals surface area (Å²) in [7, 11) is 1.53. The van der Waals surface area contributed by atoms with Gasteiger partial charge in [-0.2, -0.15) is 0 Å². The third kappa shape index (κ3) is 4.43. The third-order valence-corrected chi connectivity index (χ3v) is 3.48. The van der Waals surface area contributed by atoms with E-state index in [4.69, 9.17) is 17.0 Å². The molecule has 0 spiro atoms. The maximum absolute atomic E-state index is 12.2. The molecule has 0 saturated carbocycles. The summed E-state index contributed by atoms with van der Waals surface area (Å²) in [6.45, 7) is 2.01. The van der Waals surface area contributed by atoms with E-state index in [2.05, 4.69) is 10.6 Å². The minimum atomic E-state index is -0.354. The van der Waals surface area contributed by atoms with Crippen molar-refractivity contribution in [1.82, 2.24) is 5.32 Å². The topological polar surface area (TPSA) is 70.6 Å². The van der Waals surface area contributed by atoms with Crippen LogP contribution in [0.25, 0.3) is 0 Å². The van der Waals surface area contributed by atoms with Gasteiger partial charge in [-0.3, -0.25) is 10.1 Å². The van der Waals surface area contributed by atoms with E-state index in [1.165, 1.54) is 7.11 Å². The highest BCUT2D eigenvalue weighted by atomic mass is 32.1. The Balaban J connectivity index is 2.05. The number of hydrogen-bond donors (Lipinski definition) is 3. The molecule has 0 aliphatic heterocycles. The van der Waals surface area contributed by atoms with Crippen LogP contribution >= 0.6 is 12.2 Å². The molecule has 0 aliphatic rings. The Hall–Kier alpha value is -2.60. The monoisotopic (exact) mass is 330 g/mol. The predicted molar refractivity (Wildman–Crippen MR) is 94.2 cm³/mol. The number of nitrogens with one attached hydrogen (secondary N) is 2. The molecule has 0 aromatic heterocycles. The first-order valence-electron chi connectivity index (χ1n) is 7.11. The lowest BCUT2D eigenvalue weighted by atomic mass is 10.1. The van der Waals surface area contributed by atoms with Crippen LogP contribution in [-0.4, -0.2) is 23.2 Å². The number of carbonyl (C=O) groups is 1. The minimum Gasteiger partial charge on any atom is -0.506 e. The molecule has 6 heteroatoms. The average molecular weight is 330 g/mol. The highest BCUT2D eigenvalue weighted by Crippen LogP contribution is 2.24. The van der Waals surface area contributed by atoms with Crippen LogP contribution in [0.1, 0.15) is 22.8 Å². The fourth-order valence-electron chi connectivity index (χ4n) is 2.00. The number of aryl methyl sites for hydroxylation is 1. The molecular formula is C17H18N2O3S. The van der Waals surface area contributed by atoms with Crippen LogP contribution in [0.5, 0.6) is 11.5 Å². The number of thiocarbonyl (C=S) groups is 1. The molecule has 23 heavy (non-hydrogen) atoms. The summed E-state index contributed by atoms with van der Waals surface area (Å²) < 4.78 is 5.09. The van der Waals surface area contributed by atoms with Crippen molar-refractivity contribution >= 4 is 28.9 Å². The zero-order chi connectivity index (χ0) is 16.8. The van der Waals surface area contributed by atoms with Gasteiger partial charge in [0.1, 0.15) is 11.5 Å². The SMILES string of the molecule is CCc1ccc(O)c(NC(=S)NC(=O)c2cccc(OC)c2)c1. The summed E-state index contributed by atoms with van der Waals surface area (Å²) in [5, 5.41) is 15.4. The molecule has 0 heterocycles. The minimum absolute atomic E-state index is 0.0696. The molecule has 2 rings (SSSR count). The van der Waals surface area contributed by atoms with Crippen LogP contribution in [0.2, 0.25) is 0 Å². The van der Waals surface area contributed by atoms with Gasteiger partial charge in [-0.1, -0.05) is 19.1 Å². The molecule has 2 aromatic rings. The third-order valence-electron chi connectivity index (χ3n) is 3.28. The highest BCUT2D eigenvalue weighted by Gasteiger charge is 2.10. The largest absolute Gasteiger partial charge is 0.506 e. The Morgan fingerprint density at radius 3 is 2.74 bits per heavy atom. The van der Waals surface area contributed by atoms with Crippen LogP contribution in [-0.2, 0) is 6.42 Å². The first-order valence-corrected chi connectivity index (χ1v) is 7.52. The van der Waals surface area contributed by atoms with Crippen molar-refractivity contribution in [3.63, 3.8) is 0 Å². The number of anilines is 1. The van der Waals surface area contributed by atoms with Crippen molar-refractivity contribution in [3.8, 4) is 11.5 Å². The van der Waals surface area contributed by atoms with Crippen molar-refractivity contribution in [1.29, 1.82) is 0 Å². The molecule has 0 fully saturated rings. The van der Waals surface area contributed by atoms with E-state index in [0.29, 0.717) is 17.0 Å². The fraction of sp³-hybridized carbons (Fsp3) is 0.176. The number of phenolic OH excluding ortho intramolecular Hbond substituents is 1. The molecule has 0 saturated heterocycles. The molecule has 0 aliphatic carbocycles. The van der Waals surface area contributed by atoms with Gasteiger partial charge in [-0.05, 0) is 54.5 Å². The molecule has 0 unspecified atom stereocenters. The summed E-state index contributed by atoms with van der Waals surface area (Å²) in [4.78, 5) is 12.2. The first kappa shape index (κ1) is 16.8. The summed E-state index contributed by atoms with van der Waals surface area (Å²) >= 11 is 5.13. The number of hydrogen-bond acceptors (Lipinski definition) is 4. The molecule has 120 valence electrons. The summed E-state index contributed by atoms with van der Waals surface area (Å²) in [6.07, 6.45) is 0.831. The molecule has 1 amide bonds. The maximum Gasteiger partial charge on any atom is 0.257 e. The quantitative estimate of drug-likeness (QED) is 0.594. The van der Waals surface area contributed by atoms with Crippen molar-refractivity contribution in [2.24, 2.45) is 0 Å². The second kappa shape index (κ2) is 7.60. The normalized spacial score (nSPS) is 10.0. The number of benzene rings is 2. The van der Waals surface area contributed by atoms with Gasteiger partial charge in [0, 0.05) is 5.56 Å². The second-order valence-electron chi connectivity index (χ2n) is 4.85. The van der Waals surface area contributed by atoms with Crippen LogP contribution in [0.4, 0.5) is 5.69 Å². The van der Waals surface area contributed by atoms with Gasteiger partial charge in [0.05, 0.1) is 12.8 Å². The Labute approximate surface area is 140 Å². The Bertz CT molecular complexity index is 732. The zero-order valence-electron chi connectivity index (χ0n) is 12.9. The summed E-state index contributed by atoms with van der Waals surface area (Å²) in [6, 6.07) is 12.0. The lowest BCUT2D eigenvalue weighted by Gasteiger charge is -2.12. The Kier molecular flexibility index (Phi) is 5.54. The number of ether oxygens (including phenoxy) is 1. The number of carbonyl (C=O) groups excluding carboxylic acids is 1. The van der Waals surface area contributed by atoms with Gasteiger partial charge in [-0.15, -0.1) is 0 Å². The van der Waals surface area contributed by atoms with Gasteiger partial charge in [-0.25, -0.2) is 0 Å². The standard InChI is InChI=1S/C17H18N2O3S/c1-3-11-7-8-15(20)14(9-11)18-17(23)19-16(21)12-5-4-6-13(10-12)22-2/h4-10,20H,3H2,1-2H3,(H2,18,19,21,23). The van der Waals surface area contributed by atoms with Crippen molar-refractivity contribution in [3.05, 3.63) is 53.6 Å². The number of rotatable bonds is 4. The molecule has 0 atom stereocenters. The van der Waals surface area contributed by atoms with E-state index in [-0.39, 0.29) is 16.8 Å². The van der Waals surface area contributed by atoms with E-state index < -0.39 is 0 Å². The number of phenols is 1. The van der Waals surface area contributed by atoms with Gasteiger partial charge in [0.15, 0.2) is 5.11 Å². The van der Waals surface area contributed by atoms with E-state index in [1.54, 1.807) is 36.4 Å². The molecular weight excluding hydrogens is 312 g/mol. The van der Waals surface area contributed by atoms with E-state index >= 15 is 0 Å². The van der Waals surface area contributed by atoms with E-state index in [1.807, 2.05) is 13.0 Å². The fourth-order valence-corrected chi connectivity index (χ4v) is 2.20. The van der Waals surface area contributed by atoms with E-state index in [0.717, 1.165) is 12.0 Å². The molecule has 0 bridgehead atoms. The number of amides is 1. The Morgan fingerprint density at radius 1 is 1.26 bits per heavy atom. The highest BCUT2D eigenvalue weighted by molar-refractivity contribution is 7.80. The molecule has 0 radical (unpaired) electrons. The van der Waals surface area contributed by atoms with Gasteiger partial charge in [0.2, 0.25) is 0 Å². The number of methoxy groups -OCH3 is 1. The van der Waals surface area contributed by atoms with Crippen molar-refractivity contribution < 1.29 is 14.6 Å². The second-order valence-corrected chi connectivity index (χ2v) is 5.25. The molecule has 5 nitrogen and oxygen atoms in total. The predicted octanol–water partition coefficient (Wildman–Crippen LogP) is 3.09. The van der Waals surface area contributed by atoms with Gasteiger partial charge in [0.25, 0.3) is 5.91 Å². The lowest BCUT2D eigenvalue weighted by molar-refractivity contribution is 0.0977. The van der Waals surface area contributed by atoms with Crippen LogP contribution in [0, 0.1) is 0 Å². The van der Waals surface area contributed by atoms with Gasteiger partial charge >= 0.3 is 0 Å². The average Bonchev–Trinajstić information content (AvgIpc) is 2.56. The summed E-state index contributed by atoms with van der Waals surface area (Å²) in [5.74, 6) is 0.303. The van der Waals surface area contributed by atoms with Crippen LogP contribution in [0.3, 0.4) is 0 Å². The smallest absolute Gasteiger partial charge is 0.257 e. The van der Waals surface area contributed by atoms with Crippen LogP contribution < -0.4 is 15.4 Å². The maximum atomic E-state index is 12.2. The van der Waals surface area contributed by atoms with Gasteiger partial charge < -0.3 is 15.2 Å². The van der Waals surface area contributed by atoms with E-state index in [9.17, 15) is 9.90 Å². The summed E-state index contributed by atoms with van der Waals surface area (Å²) in [5.41, 5.74) is 1.94.